The van der Waals surface area contributed by atoms with Crippen LogP contribution in [0.25, 0.3) is 10.8 Å². The Bertz CT molecular complexity index is 627. The van der Waals surface area contributed by atoms with E-state index in [1.54, 1.807) is 0 Å². The maximum absolute atomic E-state index is 6.09. The summed E-state index contributed by atoms with van der Waals surface area (Å²) >= 11 is 7.18. The normalized spacial score (nSPS) is 11.1. The predicted octanol–water partition coefficient (Wildman–Crippen LogP) is 8.28. The third-order valence-electron chi connectivity index (χ3n) is 4.45. The molecule has 2 aromatic rings. The molecule has 144 valence electrons. The van der Waals surface area contributed by atoms with E-state index in [0.29, 0.717) is 0 Å². The van der Waals surface area contributed by atoms with Gasteiger partial charge >= 0.3 is 0 Å². The number of hydrogen-bond acceptors (Lipinski definition) is 2. The van der Waals surface area contributed by atoms with Gasteiger partial charge < -0.3 is 9.47 Å². The highest BCUT2D eigenvalue weighted by Gasteiger charge is 2.10. The van der Waals surface area contributed by atoms with Gasteiger partial charge in [0.2, 0.25) is 0 Å². The fourth-order valence-electron chi connectivity index (χ4n) is 2.90. The van der Waals surface area contributed by atoms with Crippen molar-refractivity contribution < 1.29 is 9.47 Å². The monoisotopic (exact) mass is 484 g/mol. The molecule has 0 unspecified atom stereocenters. The number of hydrogen-bond donors (Lipinski definition) is 0. The zero-order valence-corrected chi connectivity index (χ0v) is 19.1. The van der Waals surface area contributed by atoms with Gasteiger partial charge in [-0.2, -0.15) is 0 Å². The molecule has 0 radical (unpaired) electrons. The molecule has 0 aliphatic carbocycles. The molecule has 4 heteroatoms. The van der Waals surface area contributed by atoms with Crippen LogP contribution < -0.4 is 9.47 Å². The van der Waals surface area contributed by atoms with E-state index in [1.165, 1.54) is 38.5 Å². The van der Waals surface area contributed by atoms with Gasteiger partial charge in [-0.3, -0.25) is 0 Å². The second-order valence-corrected chi connectivity index (χ2v) is 8.44. The molecular formula is C22H30Br2O2. The van der Waals surface area contributed by atoms with E-state index < -0.39 is 0 Å². The Morgan fingerprint density at radius 1 is 0.615 bits per heavy atom. The predicted molar refractivity (Wildman–Crippen MR) is 119 cm³/mol. The van der Waals surface area contributed by atoms with E-state index in [9.17, 15) is 0 Å². The van der Waals surface area contributed by atoms with Crippen molar-refractivity contribution in [3.05, 3.63) is 33.2 Å². The first-order chi connectivity index (χ1) is 12.7. The topological polar surface area (TPSA) is 18.5 Å². The van der Waals surface area contributed by atoms with Crippen LogP contribution in [0.2, 0.25) is 0 Å². The fourth-order valence-corrected chi connectivity index (χ4v) is 3.62. The minimum atomic E-state index is 0.745. The number of rotatable bonds is 12. The maximum atomic E-state index is 6.09. The van der Waals surface area contributed by atoms with Crippen LogP contribution in [0.1, 0.15) is 65.2 Å². The lowest BCUT2D eigenvalue weighted by atomic mass is 10.1. The van der Waals surface area contributed by atoms with Crippen molar-refractivity contribution in [1.82, 2.24) is 0 Å². The van der Waals surface area contributed by atoms with Crippen LogP contribution in [0, 0.1) is 0 Å². The first-order valence-corrected chi connectivity index (χ1v) is 11.4. The minimum absolute atomic E-state index is 0.745. The Labute approximate surface area is 174 Å². The quantitative estimate of drug-likeness (QED) is 0.281. The van der Waals surface area contributed by atoms with Crippen molar-refractivity contribution in [2.75, 3.05) is 13.2 Å². The van der Waals surface area contributed by atoms with E-state index in [1.807, 2.05) is 0 Å². The van der Waals surface area contributed by atoms with E-state index in [-0.39, 0.29) is 0 Å². The Kier molecular flexibility index (Phi) is 9.84. The van der Waals surface area contributed by atoms with Gasteiger partial charge in [0.25, 0.3) is 0 Å². The molecule has 26 heavy (non-hydrogen) atoms. The lowest BCUT2D eigenvalue weighted by Gasteiger charge is -2.15. The number of fused-ring (bicyclic) bond motifs is 1. The van der Waals surface area contributed by atoms with E-state index >= 15 is 0 Å². The molecule has 0 amide bonds. The van der Waals surface area contributed by atoms with Crippen LogP contribution in [0.4, 0.5) is 0 Å². The molecule has 0 aromatic heterocycles. The van der Waals surface area contributed by atoms with E-state index in [2.05, 4.69) is 70.0 Å². The van der Waals surface area contributed by atoms with Crippen LogP contribution in [0.3, 0.4) is 0 Å². The summed E-state index contributed by atoms with van der Waals surface area (Å²) in [7, 11) is 0. The highest BCUT2D eigenvalue weighted by Crippen LogP contribution is 2.36. The summed E-state index contributed by atoms with van der Waals surface area (Å²) in [5.41, 5.74) is 0. The second-order valence-electron chi connectivity index (χ2n) is 6.73. The average molecular weight is 486 g/mol. The maximum Gasteiger partial charge on any atom is 0.161 e. The van der Waals surface area contributed by atoms with Gasteiger partial charge in [0, 0.05) is 8.95 Å². The Balaban J connectivity index is 2.11. The van der Waals surface area contributed by atoms with Crippen molar-refractivity contribution in [2.45, 2.75) is 65.2 Å². The van der Waals surface area contributed by atoms with Crippen LogP contribution in [-0.4, -0.2) is 13.2 Å². The number of benzene rings is 2. The minimum Gasteiger partial charge on any atom is -0.490 e. The Hall–Kier alpha value is -0.740. The first kappa shape index (κ1) is 21.6. The molecule has 0 aliphatic heterocycles. The Morgan fingerprint density at radius 3 is 1.42 bits per heavy atom. The molecule has 0 saturated heterocycles. The summed E-state index contributed by atoms with van der Waals surface area (Å²) < 4.78 is 14.3. The third-order valence-corrected chi connectivity index (χ3v) is 6.30. The SMILES string of the molecule is CCCCCCOc1cc2cc(Br)c(Br)cc2cc1OCCCCCC. The third kappa shape index (κ3) is 6.77. The molecule has 0 bridgehead atoms. The number of halogens is 2. The van der Waals surface area contributed by atoms with Crippen molar-refractivity contribution in [3.8, 4) is 11.5 Å². The molecule has 2 nitrogen and oxygen atoms in total. The molecule has 0 fully saturated rings. The lowest BCUT2D eigenvalue weighted by molar-refractivity contribution is 0.259. The molecule has 0 heterocycles. The molecule has 0 spiro atoms. The molecule has 0 N–H and O–H groups in total. The summed E-state index contributed by atoms with van der Waals surface area (Å²) in [6, 6.07) is 8.45. The van der Waals surface area contributed by atoms with Gasteiger partial charge in [-0.05, 0) is 79.7 Å². The van der Waals surface area contributed by atoms with Crippen molar-refractivity contribution >= 4 is 42.6 Å². The zero-order chi connectivity index (χ0) is 18.8. The average Bonchev–Trinajstić information content (AvgIpc) is 2.63. The van der Waals surface area contributed by atoms with Crippen molar-refractivity contribution in [1.29, 1.82) is 0 Å². The largest absolute Gasteiger partial charge is 0.490 e. The van der Waals surface area contributed by atoms with Crippen LogP contribution in [0.5, 0.6) is 11.5 Å². The van der Waals surface area contributed by atoms with Gasteiger partial charge in [-0.25, -0.2) is 0 Å². The number of unbranched alkanes of at least 4 members (excludes halogenated alkanes) is 6. The smallest absolute Gasteiger partial charge is 0.161 e. The molecule has 0 saturated carbocycles. The van der Waals surface area contributed by atoms with Crippen LogP contribution in [0.15, 0.2) is 33.2 Å². The van der Waals surface area contributed by atoms with Gasteiger partial charge in [-0.1, -0.05) is 52.4 Å². The van der Waals surface area contributed by atoms with Gasteiger partial charge in [0.1, 0.15) is 0 Å². The first-order valence-electron chi connectivity index (χ1n) is 9.84. The molecule has 2 aromatic carbocycles. The summed E-state index contributed by atoms with van der Waals surface area (Å²) in [5, 5.41) is 2.31. The molecule has 0 aliphatic rings. The lowest BCUT2D eigenvalue weighted by Crippen LogP contribution is -2.03. The highest BCUT2D eigenvalue weighted by molar-refractivity contribution is 9.13. The van der Waals surface area contributed by atoms with Crippen molar-refractivity contribution in [3.63, 3.8) is 0 Å². The molecule has 0 atom stereocenters. The highest BCUT2D eigenvalue weighted by atomic mass is 79.9. The van der Waals surface area contributed by atoms with Crippen LogP contribution >= 0.6 is 31.9 Å². The molecular weight excluding hydrogens is 456 g/mol. The number of ether oxygens (including phenoxy) is 2. The fraction of sp³-hybridized carbons (Fsp3) is 0.545. The standard InChI is InChI=1S/C22H30Br2O2/c1-3-5-7-9-11-25-21-15-17-13-19(23)20(24)14-18(17)16-22(21)26-12-10-8-6-4-2/h13-16H,3-12H2,1-2H3. The summed E-state index contributed by atoms with van der Waals surface area (Å²) in [5.74, 6) is 1.72. The van der Waals surface area contributed by atoms with Crippen LogP contribution in [-0.2, 0) is 0 Å². The van der Waals surface area contributed by atoms with E-state index in [4.69, 9.17) is 9.47 Å². The molecule has 2 rings (SSSR count). The van der Waals surface area contributed by atoms with Gasteiger partial charge in [0.15, 0.2) is 11.5 Å². The van der Waals surface area contributed by atoms with Gasteiger partial charge in [-0.15, -0.1) is 0 Å². The second kappa shape index (κ2) is 11.9. The summed E-state index contributed by atoms with van der Waals surface area (Å²) in [6.07, 6.45) is 9.63. The Morgan fingerprint density at radius 2 is 1.04 bits per heavy atom. The van der Waals surface area contributed by atoms with Crippen molar-refractivity contribution in [2.24, 2.45) is 0 Å². The zero-order valence-electron chi connectivity index (χ0n) is 16.0. The van der Waals surface area contributed by atoms with Gasteiger partial charge in [0.05, 0.1) is 13.2 Å². The summed E-state index contributed by atoms with van der Waals surface area (Å²) in [4.78, 5) is 0. The summed E-state index contributed by atoms with van der Waals surface area (Å²) in [6.45, 7) is 5.94. The van der Waals surface area contributed by atoms with E-state index in [0.717, 1.165) is 57.3 Å².